The molecule has 1 aliphatic heterocycles. The number of amides is 2. The van der Waals surface area contributed by atoms with Crippen LogP contribution in [0, 0.1) is 6.92 Å². The van der Waals surface area contributed by atoms with E-state index in [0.717, 1.165) is 16.8 Å². The highest BCUT2D eigenvalue weighted by atomic mass is 16.5. The summed E-state index contributed by atoms with van der Waals surface area (Å²) in [7, 11) is 5.49. The second kappa shape index (κ2) is 8.75. The Kier molecular flexibility index (Phi) is 5.86. The zero-order valence-corrected chi connectivity index (χ0v) is 18.8. The number of rotatable bonds is 5. The summed E-state index contributed by atoms with van der Waals surface area (Å²) >= 11 is 0. The van der Waals surface area contributed by atoms with E-state index < -0.39 is 6.04 Å². The van der Waals surface area contributed by atoms with E-state index in [2.05, 4.69) is 0 Å². The molecular weight excluding hydrogens is 402 g/mol. The van der Waals surface area contributed by atoms with Crippen LogP contribution < -0.4 is 19.4 Å². The molecule has 6 heteroatoms. The molecular formula is C26H27N3O3. The van der Waals surface area contributed by atoms with Gasteiger partial charge in [0, 0.05) is 25.5 Å². The number of para-hydroxylation sites is 2. The maximum atomic E-state index is 13.9. The number of benzene rings is 3. The fourth-order valence-corrected chi connectivity index (χ4v) is 3.99. The maximum absolute atomic E-state index is 13.9. The van der Waals surface area contributed by atoms with Gasteiger partial charge in [0.25, 0.3) is 5.91 Å². The summed E-state index contributed by atoms with van der Waals surface area (Å²) in [6.07, 6.45) is 0. The lowest BCUT2D eigenvalue weighted by atomic mass is 9.98. The summed E-state index contributed by atoms with van der Waals surface area (Å²) in [4.78, 5) is 32.5. The largest absolute Gasteiger partial charge is 0.495 e. The summed E-state index contributed by atoms with van der Waals surface area (Å²) < 4.78 is 5.47. The van der Waals surface area contributed by atoms with E-state index in [1.54, 1.807) is 24.1 Å². The van der Waals surface area contributed by atoms with Crippen LogP contribution in [0.2, 0.25) is 0 Å². The van der Waals surface area contributed by atoms with Crippen LogP contribution in [0.1, 0.15) is 17.2 Å². The Balaban J connectivity index is 1.82. The number of carbonyl (C=O) groups excluding carboxylic acids is 2. The summed E-state index contributed by atoms with van der Waals surface area (Å²) in [6, 6.07) is 21.9. The fourth-order valence-electron chi connectivity index (χ4n) is 3.99. The van der Waals surface area contributed by atoms with Crippen LogP contribution in [-0.2, 0) is 9.59 Å². The van der Waals surface area contributed by atoms with E-state index in [9.17, 15) is 9.59 Å². The molecule has 4 rings (SSSR count). The van der Waals surface area contributed by atoms with Crippen molar-refractivity contribution in [3.63, 3.8) is 0 Å². The first kappa shape index (κ1) is 21.4. The van der Waals surface area contributed by atoms with Crippen molar-refractivity contribution in [1.82, 2.24) is 0 Å². The second-order valence-corrected chi connectivity index (χ2v) is 8.08. The Morgan fingerprint density at radius 1 is 0.906 bits per heavy atom. The number of aryl methyl sites for hydroxylation is 1. The number of piperazine rings is 1. The molecule has 1 heterocycles. The predicted molar refractivity (Wildman–Crippen MR) is 128 cm³/mol. The van der Waals surface area contributed by atoms with Crippen molar-refractivity contribution in [2.24, 2.45) is 0 Å². The van der Waals surface area contributed by atoms with Gasteiger partial charge in [-0.3, -0.25) is 19.4 Å². The molecule has 0 N–H and O–H groups in total. The summed E-state index contributed by atoms with van der Waals surface area (Å²) in [5, 5.41) is 0. The molecule has 2 amide bonds. The molecule has 0 aromatic heterocycles. The van der Waals surface area contributed by atoms with Crippen LogP contribution in [0.25, 0.3) is 0 Å². The molecule has 6 nitrogen and oxygen atoms in total. The Morgan fingerprint density at radius 2 is 1.56 bits per heavy atom. The van der Waals surface area contributed by atoms with Crippen LogP contribution >= 0.6 is 0 Å². The average Bonchev–Trinajstić information content (AvgIpc) is 2.81. The van der Waals surface area contributed by atoms with Crippen molar-refractivity contribution in [2.45, 2.75) is 13.0 Å². The Labute approximate surface area is 188 Å². The first-order chi connectivity index (χ1) is 15.4. The Hall–Kier alpha value is -3.80. The van der Waals surface area contributed by atoms with Crippen molar-refractivity contribution in [2.75, 3.05) is 42.4 Å². The van der Waals surface area contributed by atoms with Crippen LogP contribution in [0.5, 0.6) is 5.75 Å². The number of hydrogen-bond donors (Lipinski definition) is 0. The highest BCUT2D eigenvalue weighted by Crippen LogP contribution is 2.37. The summed E-state index contributed by atoms with van der Waals surface area (Å²) in [5.41, 5.74) is 4.16. The van der Waals surface area contributed by atoms with Crippen molar-refractivity contribution in [1.29, 1.82) is 0 Å². The molecule has 0 radical (unpaired) electrons. The summed E-state index contributed by atoms with van der Waals surface area (Å²) in [5.74, 6) is 0.229. The molecule has 1 atom stereocenters. The third-order valence-corrected chi connectivity index (χ3v) is 5.73. The van der Waals surface area contributed by atoms with Gasteiger partial charge in [-0.25, -0.2) is 0 Å². The molecule has 1 unspecified atom stereocenters. The van der Waals surface area contributed by atoms with Gasteiger partial charge in [-0.05, 0) is 48.9 Å². The minimum absolute atomic E-state index is 0.0562. The first-order valence-electron chi connectivity index (χ1n) is 10.5. The van der Waals surface area contributed by atoms with Crippen molar-refractivity contribution < 1.29 is 14.3 Å². The van der Waals surface area contributed by atoms with Gasteiger partial charge in [-0.2, -0.15) is 0 Å². The van der Waals surface area contributed by atoms with Crippen molar-refractivity contribution in [3.8, 4) is 5.75 Å². The first-order valence-corrected chi connectivity index (χ1v) is 10.5. The summed E-state index contributed by atoms with van der Waals surface area (Å²) in [6.45, 7) is 1.94. The zero-order chi connectivity index (χ0) is 22.8. The number of methoxy groups -OCH3 is 1. The molecule has 32 heavy (non-hydrogen) atoms. The average molecular weight is 430 g/mol. The number of anilines is 3. The maximum Gasteiger partial charge on any atom is 0.255 e. The molecule has 1 saturated heterocycles. The quantitative estimate of drug-likeness (QED) is 0.610. The van der Waals surface area contributed by atoms with Crippen molar-refractivity contribution in [3.05, 3.63) is 83.9 Å². The number of nitrogens with zero attached hydrogens (tertiary/aromatic N) is 3. The predicted octanol–water partition coefficient (Wildman–Crippen LogP) is 4.19. The van der Waals surface area contributed by atoms with Gasteiger partial charge < -0.3 is 9.64 Å². The molecule has 1 fully saturated rings. The van der Waals surface area contributed by atoms with Gasteiger partial charge in [0.15, 0.2) is 0 Å². The van der Waals surface area contributed by atoms with E-state index >= 15 is 0 Å². The zero-order valence-electron chi connectivity index (χ0n) is 18.8. The number of carbonyl (C=O) groups is 2. The molecule has 0 bridgehead atoms. The second-order valence-electron chi connectivity index (χ2n) is 8.08. The van der Waals surface area contributed by atoms with E-state index in [0.29, 0.717) is 17.1 Å². The Bertz CT molecular complexity index is 1120. The third-order valence-electron chi connectivity index (χ3n) is 5.73. The van der Waals surface area contributed by atoms with E-state index in [1.807, 2.05) is 86.6 Å². The van der Waals surface area contributed by atoms with Gasteiger partial charge in [0.05, 0.1) is 12.8 Å². The normalized spacial score (nSPS) is 16.3. The highest BCUT2D eigenvalue weighted by Gasteiger charge is 2.42. The minimum Gasteiger partial charge on any atom is -0.495 e. The topological polar surface area (TPSA) is 53.1 Å². The number of ether oxygens (including phenoxy) is 1. The van der Waals surface area contributed by atoms with E-state index in [-0.39, 0.29) is 18.4 Å². The minimum atomic E-state index is -0.778. The number of hydrogen-bond acceptors (Lipinski definition) is 4. The van der Waals surface area contributed by atoms with E-state index in [4.69, 9.17) is 4.74 Å². The standard InChI is InChI=1S/C26H27N3O3/c1-18-9-13-21(14-10-18)29-24(30)17-28(22-7-5-6-8-23(22)32-4)26(31)25(29)19-11-15-20(16-12-19)27(2)3/h5-16,25H,17H2,1-4H3. The lowest BCUT2D eigenvalue weighted by Crippen LogP contribution is -2.56. The van der Waals surface area contributed by atoms with Gasteiger partial charge in [0.1, 0.15) is 18.3 Å². The molecule has 0 spiro atoms. The molecule has 0 saturated carbocycles. The lowest BCUT2D eigenvalue weighted by molar-refractivity contribution is -0.128. The van der Waals surface area contributed by atoms with Crippen LogP contribution in [0.4, 0.5) is 17.1 Å². The highest BCUT2D eigenvalue weighted by molar-refractivity contribution is 6.15. The SMILES string of the molecule is COc1ccccc1N1CC(=O)N(c2ccc(C)cc2)C(c2ccc(N(C)C)cc2)C1=O. The van der Waals surface area contributed by atoms with Gasteiger partial charge in [-0.1, -0.05) is 42.0 Å². The Morgan fingerprint density at radius 3 is 2.19 bits per heavy atom. The third kappa shape index (κ3) is 3.91. The fraction of sp³-hybridized carbons (Fsp3) is 0.231. The van der Waals surface area contributed by atoms with Crippen molar-refractivity contribution >= 4 is 28.9 Å². The van der Waals surface area contributed by atoms with Gasteiger partial charge >= 0.3 is 0 Å². The monoisotopic (exact) mass is 429 g/mol. The molecule has 164 valence electrons. The van der Waals surface area contributed by atoms with Crippen LogP contribution in [0.3, 0.4) is 0 Å². The molecule has 3 aromatic carbocycles. The van der Waals surface area contributed by atoms with Gasteiger partial charge in [0.2, 0.25) is 5.91 Å². The van der Waals surface area contributed by atoms with Crippen LogP contribution in [-0.4, -0.2) is 39.6 Å². The smallest absolute Gasteiger partial charge is 0.255 e. The van der Waals surface area contributed by atoms with Crippen LogP contribution in [0.15, 0.2) is 72.8 Å². The lowest BCUT2D eigenvalue weighted by Gasteiger charge is -2.40. The molecule has 0 aliphatic carbocycles. The van der Waals surface area contributed by atoms with Gasteiger partial charge in [-0.15, -0.1) is 0 Å². The molecule has 1 aliphatic rings. The van der Waals surface area contributed by atoms with E-state index in [1.165, 1.54) is 4.90 Å². The molecule has 3 aromatic rings.